The third-order valence-corrected chi connectivity index (χ3v) is 0.565. The van der Waals surface area contributed by atoms with E-state index in [1.807, 2.05) is 0 Å². The summed E-state index contributed by atoms with van der Waals surface area (Å²) in [5.74, 6) is -0.904. The number of carboxylic acid groups (broad SMARTS) is 1. The molecule has 0 fully saturated rings. The standard InChI is InChI=1S/C4H9NO3.K.H2O/c6-2-1-5-3-4(7)8;;/h5-6H,1-3H2,(H,7,8);;1H2/q;+1;/p-1. The van der Waals surface area contributed by atoms with Crippen molar-refractivity contribution >= 4 is 5.97 Å². The van der Waals surface area contributed by atoms with Crippen LogP contribution in [0.1, 0.15) is 0 Å². The second-order valence-corrected chi connectivity index (χ2v) is 1.29. The zero-order valence-electron chi connectivity index (χ0n) is 5.87. The zero-order valence-corrected chi connectivity index (χ0v) is 8.99. The molecule has 0 saturated heterocycles. The Morgan fingerprint density at radius 2 is 2.00 bits per heavy atom. The smallest absolute Gasteiger partial charge is 0.870 e. The number of nitrogens with one attached hydrogen (secondary N) is 1. The van der Waals surface area contributed by atoms with E-state index in [2.05, 4.69) is 5.32 Å². The van der Waals surface area contributed by atoms with Crippen molar-refractivity contribution in [3.8, 4) is 0 Å². The first-order valence-electron chi connectivity index (χ1n) is 2.30. The van der Waals surface area contributed by atoms with Gasteiger partial charge in [-0.05, 0) is 0 Å². The molecule has 5 nitrogen and oxygen atoms in total. The number of aliphatic carboxylic acids is 1. The van der Waals surface area contributed by atoms with Crippen molar-refractivity contribution in [2.75, 3.05) is 19.7 Å². The molecule has 0 aliphatic rings. The number of aliphatic hydroxyl groups excluding tert-OH is 1. The summed E-state index contributed by atoms with van der Waals surface area (Å²) in [6.45, 7) is 0.236. The average Bonchev–Trinajstić information content (AvgIpc) is 1.66. The van der Waals surface area contributed by atoms with Gasteiger partial charge in [0.2, 0.25) is 0 Å². The second-order valence-electron chi connectivity index (χ2n) is 1.29. The molecule has 0 aliphatic heterocycles. The largest absolute Gasteiger partial charge is 1.00 e. The first kappa shape index (κ1) is 17.2. The number of carboxylic acids is 1. The van der Waals surface area contributed by atoms with Gasteiger partial charge in [0, 0.05) is 6.54 Å². The number of hydrogen-bond donors (Lipinski definition) is 3. The minimum absolute atomic E-state index is 0. The molecular formula is C4H10KNO4. The Hall–Kier alpha value is 0.986. The van der Waals surface area contributed by atoms with Crippen LogP contribution >= 0.6 is 0 Å². The summed E-state index contributed by atoms with van der Waals surface area (Å²) >= 11 is 0. The summed E-state index contributed by atoms with van der Waals surface area (Å²) in [6, 6.07) is 0. The normalized spacial score (nSPS) is 7.30. The van der Waals surface area contributed by atoms with Crippen LogP contribution in [0.4, 0.5) is 0 Å². The van der Waals surface area contributed by atoms with Gasteiger partial charge in [-0.15, -0.1) is 0 Å². The third kappa shape index (κ3) is 16.0. The average molecular weight is 175 g/mol. The molecule has 4 N–H and O–H groups in total. The van der Waals surface area contributed by atoms with Gasteiger partial charge in [-0.3, -0.25) is 4.79 Å². The first-order valence-corrected chi connectivity index (χ1v) is 2.30. The Morgan fingerprint density at radius 3 is 2.30 bits per heavy atom. The molecule has 0 aliphatic carbocycles. The molecule has 0 radical (unpaired) electrons. The van der Waals surface area contributed by atoms with Crippen LogP contribution in [0.15, 0.2) is 0 Å². The molecule has 0 aromatic rings. The molecule has 0 atom stereocenters. The van der Waals surface area contributed by atoms with E-state index < -0.39 is 5.97 Å². The Balaban J connectivity index is -0.000000245. The number of aliphatic hydroxyl groups is 1. The first-order chi connectivity index (χ1) is 3.77. The Morgan fingerprint density at radius 1 is 1.50 bits per heavy atom. The van der Waals surface area contributed by atoms with Gasteiger partial charge >= 0.3 is 57.4 Å². The van der Waals surface area contributed by atoms with Crippen LogP contribution in [0.3, 0.4) is 0 Å². The summed E-state index contributed by atoms with van der Waals surface area (Å²) < 4.78 is 0. The van der Waals surface area contributed by atoms with Gasteiger partial charge in [0.15, 0.2) is 0 Å². The second kappa shape index (κ2) is 12.6. The molecule has 0 amide bonds. The predicted molar refractivity (Wildman–Crippen MR) is 29.5 cm³/mol. The third-order valence-electron chi connectivity index (χ3n) is 0.565. The Kier molecular flexibility index (Phi) is 21.7. The molecule has 0 bridgehead atoms. The van der Waals surface area contributed by atoms with Crippen molar-refractivity contribution in [1.29, 1.82) is 0 Å². The quantitative estimate of drug-likeness (QED) is 0.295. The SMILES string of the molecule is O=C(O)CNCCO.[K+].[OH-]. The van der Waals surface area contributed by atoms with Crippen molar-refractivity contribution in [2.45, 2.75) is 0 Å². The van der Waals surface area contributed by atoms with E-state index in [1.54, 1.807) is 0 Å². The molecule has 6 heteroatoms. The van der Waals surface area contributed by atoms with E-state index in [4.69, 9.17) is 10.2 Å². The summed E-state index contributed by atoms with van der Waals surface area (Å²) in [5, 5.41) is 18.6. The number of hydrogen-bond acceptors (Lipinski definition) is 4. The van der Waals surface area contributed by atoms with Gasteiger partial charge in [-0.25, -0.2) is 0 Å². The fourth-order valence-electron chi connectivity index (χ4n) is 0.274. The van der Waals surface area contributed by atoms with Crippen molar-refractivity contribution in [3.05, 3.63) is 0 Å². The molecule has 0 heterocycles. The van der Waals surface area contributed by atoms with Crippen LogP contribution in [-0.4, -0.2) is 41.4 Å². The summed E-state index contributed by atoms with van der Waals surface area (Å²) in [6.07, 6.45) is 0. The number of carbonyl (C=O) groups is 1. The summed E-state index contributed by atoms with van der Waals surface area (Å²) in [7, 11) is 0. The van der Waals surface area contributed by atoms with Gasteiger partial charge in [-0.1, -0.05) is 0 Å². The minimum Gasteiger partial charge on any atom is -0.870 e. The topological polar surface area (TPSA) is 99.6 Å². The van der Waals surface area contributed by atoms with Crippen LogP contribution in [0, 0.1) is 0 Å². The van der Waals surface area contributed by atoms with Crippen LogP contribution in [0.2, 0.25) is 0 Å². The van der Waals surface area contributed by atoms with Crippen LogP contribution in [-0.2, 0) is 4.79 Å². The molecule has 0 rings (SSSR count). The minimum atomic E-state index is -0.904. The molecule has 0 aromatic carbocycles. The molecule has 0 unspecified atom stereocenters. The molecular weight excluding hydrogens is 165 g/mol. The van der Waals surface area contributed by atoms with Crippen molar-refractivity contribution < 1.29 is 71.9 Å². The van der Waals surface area contributed by atoms with E-state index in [0.717, 1.165) is 0 Å². The molecule has 0 saturated carbocycles. The molecule has 0 spiro atoms. The molecule has 10 heavy (non-hydrogen) atoms. The van der Waals surface area contributed by atoms with Gasteiger partial charge < -0.3 is 21.0 Å². The fourth-order valence-corrected chi connectivity index (χ4v) is 0.274. The van der Waals surface area contributed by atoms with E-state index in [1.165, 1.54) is 0 Å². The van der Waals surface area contributed by atoms with Gasteiger partial charge in [0.1, 0.15) is 0 Å². The van der Waals surface area contributed by atoms with E-state index in [9.17, 15) is 4.79 Å². The Bertz CT molecular complexity index is 79.7. The Labute approximate surface area is 102 Å². The van der Waals surface area contributed by atoms with E-state index in [-0.39, 0.29) is 70.0 Å². The molecule has 56 valence electrons. The van der Waals surface area contributed by atoms with Crippen molar-refractivity contribution in [2.24, 2.45) is 0 Å². The van der Waals surface area contributed by atoms with Crippen LogP contribution < -0.4 is 56.7 Å². The van der Waals surface area contributed by atoms with Crippen molar-refractivity contribution in [3.63, 3.8) is 0 Å². The van der Waals surface area contributed by atoms with Crippen LogP contribution in [0.5, 0.6) is 0 Å². The monoisotopic (exact) mass is 175 g/mol. The van der Waals surface area contributed by atoms with Gasteiger partial charge in [0.25, 0.3) is 0 Å². The fraction of sp³-hybridized carbons (Fsp3) is 0.750. The van der Waals surface area contributed by atoms with Gasteiger partial charge in [-0.2, -0.15) is 0 Å². The summed E-state index contributed by atoms with van der Waals surface area (Å²) in [4.78, 5) is 9.73. The van der Waals surface area contributed by atoms with E-state index in [0.29, 0.717) is 6.54 Å². The molecule has 0 aromatic heterocycles. The maximum Gasteiger partial charge on any atom is 1.00 e. The van der Waals surface area contributed by atoms with Crippen LogP contribution in [0.25, 0.3) is 0 Å². The maximum atomic E-state index is 9.73. The number of rotatable bonds is 4. The maximum absolute atomic E-state index is 9.73. The van der Waals surface area contributed by atoms with Crippen molar-refractivity contribution in [1.82, 2.24) is 5.32 Å². The zero-order chi connectivity index (χ0) is 6.41. The predicted octanol–water partition coefficient (Wildman–Crippen LogP) is -4.52. The van der Waals surface area contributed by atoms with Gasteiger partial charge in [0.05, 0.1) is 13.2 Å². The van der Waals surface area contributed by atoms with E-state index >= 15 is 0 Å². The summed E-state index contributed by atoms with van der Waals surface area (Å²) in [5.41, 5.74) is 0.